The van der Waals surface area contributed by atoms with Crippen LogP contribution < -0.4 is 4.74 Å². The summed E-state index contributed by atoms with van der Waals surface area (Å²) in [7, 11) is 1.72. The maximum absolute atomic E-state index is 5.46. The summed E-state index contributed by atoms with van der Waals surface area (Å²) in [6.07, 6.45) is 0. The van der Waals surface area contributed by atoms with Crippen molar-refractivity contribution in [2.24, 2.45) is 0 Å². The third kappa shape index (κ3) is 4.40. The van der Waals surface area contributed by atoms with E-state index in [2.05, 4.69) is 178 Å². The molecular formula is C59H36OS. The topological polar surface area (TPSA) is 9.23 Å². The quantitative estimate of drug-likeness (QED) is 0.127. The van der Waals surface area contributed by atoms with Crippen molar-refractivity contribution < 1.29 is 4.74 Å². The molecule has 1 heterocycles. The van der Waals surface area contributed by atoms with Crippen LogP contribution in [0.3, 0.4) is 0 Å². The molecule has 0 bridgehead atoms. The largest absolute Gasteiger partial charge is 0.497 e. The second-order valence-electron chi connectivity index (χ2n) is 17.2. The van der Waals surface area contributed by atoms with Crippen LogP contribution in [0.4, 0.5) is 0 Å². The Morgan fingerprint density at radius 3 is 1.54 bits per heavy atom. The molecule has 2 aliphatic carbocycles. The highest BCUT2D eigenvalue weighted by Crippen LogP contribution is 2.60. The zero-order valence-electron chi connectivity index (χ0n) is 33.9. The molecule has 0 aliphatic heterocycles. The van der Waals surface area contributed by atoms with Gasteiger partial charge in [0.25, 0.3) is 0 Å². The standard InChI is InChI=1S/C59H36OS/c1-31-8-12-33(13-9-31)37-20-21-38(34-14-10-32(2)11-15-34)48-29-50-49(28-47(37)48)43-24-23-42-41-22-25-44-51-30-52(35-16-18-36(60-3)19-17-35)61-59(51)46-27-26-45(53(41)55(44)46)54-39-6-4-5-7-40(39)56(50)58(43)57(42)54/h4-30H,1-3H3. The first-order valence-electron chi connectivity index (χ1n) is 21.2. The molecule has 2 aliphatic rings. The van der Waals surface area contributed by atoms with Crippen LogP contribution in [0.5, 0.6) is 5.75 Å². The summed E-state index contributed by atoms with van der Waals surface area (Å²) in [5, 5.41) is 16.2. The molecule has 61 heavy (non-hydrogen) atoms. The second-order valence-corrected chi connectivity index (χ2v) is 18.2. The first-order valence-corrected chi connectivity index (χ1v) is 22.0. The van der Waals surface area contributed by atoms with Gasteiger partial charge in [0.15, 0.2) is 0 Å². The molecule has 0 unspecified atom stereocenters. The fourth-order valence-electron chi connectivity index (χ4n) is 11.1. The molecule has 284 valence electrons. The Morgan fingerprint density at radius 2 is 0.869 bits per heavy atom. The first kappa shape index (κ1) is 33.6. The van der Waals surface area contributed by atoms with Gasteiger partial charge < -0.3 is 4.74 Å². The van der Waals surface area contributed by atoms with E-state index in [9.17, 15) is 0 Å². The molecule has 1 nitrogen and oxygen atoms in total. The van der Waals surface area contributed by atoms with Gasteiger partial charge in [-0.1, -0.05) is 132 Å². The Morgan fingerprint density at radius 1 is 0.344 bits per heavy atom. The molecule has 11 aromatic carbocycles. The number of methoxy groups -OCH3 is 1. The maximum Gasteiger partial charge on any atom is 0.118 e. The number of hydrogen-bond donors (Lipinski definition) is 0. The number of thiophene rings is 1. The molecule has 14 rings (SSSR count). The Labute approximate surface area is 357 Å². The highest BCUT2D eigenvalue weighted by molar-refractivity contribution is 7.19. The van der Waals surface area contributed by atoms with Crippen LogP contribution in [0.15, 0.2) is 164 Å². The minimum absolute atomic E-state index is 0.881. The van der Waals surface area contributed by atoms with Gasteiger partial charge in [-0.25, -0.2) is 0 Å². The fraction of sp³-hybridized carbons (Fsp3) is 0.0508. The van der Waals surface area contributed by atoms with Crippen LogP contribution in [0.2, 0.25) is 0 Å². The Kier molecular flexibility index (Phi) is 6.57. The normalized spacial score (nSPS) is 12.5. The number of rotatable bonds is 4. The summed E-state index contributed by atoms with van der Waals surface area (Å²) in [6, 6.07) is 62.4. The van der Waals surface area contributed by atoms with Crippen LogP contribution >= 0.6 is 11.3 Å². The van der Waals surface area contributed by atoms with Crippen molar-refractivity contribution in [3.63, 3.8) is 0 Å². The minimum atomic E-state index is 0.881. The van der Waals surface area contributed by atoms with Gasteiger partial charge in [0.05, 0.1) is 7.11 Å². The molecule has 0 saturated heterocycles. The average Bonchev–Trinajstić information content (AvgIpc) is 3.98. The molecule has 12 aromatic rings. The van der Waals surface area contributed by atoms with Crippen molar-refractivity contribution >= 4 is 76.0 Å². The highest BCUT2D eigenvalue weighted by atomic mass is 32.1. The molecule has 0 spiro atoms. The van der Waals surface area contributed by atoms with Crippen LogP contribution in [-0.4, -0.2) is 7.11 Å². The van der Waals surface area contributed by atoms with Gasteiger partial charge in [0.1, 0.15) is 5.75 Å². The van der Waals surface area contributed by atoms with Crippen molar-refractivity contribution in [3.05, 3.63) is 175 Å². The number of fused-ring (bicyclic) bond motifs is 12. The predicted octanol–water partition coefficient (Wildman–Crippen LogP) is 17.0. The SMILES string of the molecule is COc1ccc(-c2cc3c(s2)-c2ccc4c5c2c-3ccc5c2ccc3c5c(c6ccccc6c4c52)-c2cc4c(-c5ccc(C)cc5)ccc(-c5ccc(C)cc5)c4cc2-3)cc1. The monoisotopic (exact) mass is 792 g/mol. The van der Waals surface area contributed by atoms with E-state index in [1.54, 1.807) is 7.11 Å². The zero-order valence-corrected chi connectivity index (χ0v) is 34.7. The third-order valence-corrected chi connectivity index (χ3v) is 15.2. The van der Waals surface area contributed by atoms with Crippen molar-refractivity contribution in [1.82, 2.24) is 0 Å². The number of ether oxygens (including phenoxy) is 1. The highest BCUT2D eigenvalue weighted by Gasteiger charge is 2.32. The van der Waals surface area contributed by atoms with Crippen molar-refractivity contribution in [2.75, 3.05) is 7.11 Å². The van der Waals surface area contributed by atoms with E-state index in [0.29, 0.717) is 0 Å². The average molecular weight is 793 g/mol. The van der Waals surface area contributed by atoms with E-state index >= 15 is 0 Å². The van der Waals surface area contributed by atoms with Crippen LogP contribution in [-0.2, 0) is 0 Å². The zero-order chi connectivity index (χ0) is 40.2. The fourth-order valence-corrected chi connectivity index (χ4v) is 12.4. The number of hydrogen-bond acceptors (Lipinski definition) is 2. The lowest BCUT2D eigenvalue weighted by Crippen LogP contribution is -1.91. The van der Waals surface area contributed by atoms with Gasteiger partial charge in [0.2, 0.25) is 0 Å². The molecule has 0 atom stereocenters. The summed E-state index contributed by atoms with van der Waals surface area (Å²) in [4.78, 5) is 2.65. The van der Waals surface area contributed by atoms with Gasteiger partial charge >= 0.3 is 0 Å². The molecule has 0 N–H and O–H groups in total. The Bertz CT molecular complexity index is 3860. The number of aryl methyl sites for hydroxylation is 2. The maximum atomic E-state index is 5.46. The van der Waals surface area contributed by atoms with E-state index in [0.717, 1.165) is 5.75 Å². The molecule has 0 amide bonds. The summed E-state index contributed by atoms with van der Waals surface area (Å²) in [5.74, 6) is 0.881. The van der Waals surface area contributed by atoms with E-state index in [-0.39, 0.29) is 0 Å². The molecule has 0 fully saturated rings. The molecule has 2 heteroatoms. The molecule has 0 radical (unpaired) electrons. The Balaban J connectivity index is 1.06. The van der Waals surface area contributed by atoms with E-state index in [4.69, 9.17) is 4.74 Å². The minimum Gasteiger partial charge on any atom is -0.497 e. The van der Waals surface area contributed by atoms with Crippen LogP contribution in [0, 0.1) is 13.8 Å². The van der Waals surface area contributed by atoms with Gasteiger partial charge in [0, 0.05) is 20.9 Å². The predicted molar refractivity (Wildman–Crippen MR) is 262 cm³/mol. The summed E-state index contributed by atoms with van der Waals surface area (Å²) < 4.78 is 5.46. The van der Waals surface area contributed by atoms with Crippen LogP contribution in [0.25, 0.3) is 141 Å². The van der Waals surface area contributed by atoms with Crippen molar-refractivity contribution in [3.8, 4) is 82.3 Å². The number of benzene rings is 11. The van der Waals surface area contributed by atoms with Gasteiger partial charge in [-0.05, 0) is 177 Å². The van der Waals surface area contributed by atoms with Gasteiger partial charge in [-0.15, -0.1) is 11.3 Å². The van der Waals surface area contributed by atoms with Gasteiger partial charge in [-0.3, -0.25) is 0 Å². The smallest absolute Gasteiger partial charge is 0.118 e. The lowest BCUT2D eigenvalue weighted by atomic mass is 9.83. The van der Waals surface area contributed by atoms with E-state index in [1.165, 1.54) is 152 Å². The second kappa shape index (κ2) is 11.9. The molecule has 0 saturated carbocycles. The summed E-state index contributed by atoms with van der Waals surface area (Å²) in [6.45, 7) is 4.33. The van der Waals surface area contributed by atoms with E-state index < -0.39 is 0 Å². The van der Waals surface area contributed by atoms with Crippen LogP contribution in [0.1, 0.15) is 11.1 Å². The summed E-state index contributed by atoms with van der Waals surface area (Å²) in [5.41, 5.74) is 18.2. The lowest BCUT2D eigenvalue weighted by Gasteiger charge is -2.19. The molecule has 1 aromatic heterocycles. The third-order valence-electron chi connectivity index (χ3n) is 14.0. The lowest BCUT2D eigenvalue weighted by molar-refractivity contribution is 0.415. The molecular weight excluding hydrogens is 757 g/mol. The van der Waals surface area contributed by atoms with Crippen molar-refractivity contribution in [2.45, 2.75) is 13.8 Å². The first-order chi connectivity index (χ1) is 30.0. The van der Waals surface area contributed by atoms with Gasteiger partial charge in [-0.2, -0.15) is 0 Å². The van der Waals surface area contributed by atoms with Crippen molar-refractivity contribution in [1.29, 1.82) is 0 Å². The summed E-state index contributed by atoms with van der Waals surface area (Å²) >= 11 is 1.90. The Hall–Kier alpha value is -7.26. The van der Waals surface area contributed by atoms with E-state index in [1.807, 2.05) is 11.3 Å².